The summed E-state index contributed by atoms with van der Waals surface area (Å²) in [5.41, 5.74) is -0.536. The molecule has 2 aromatic rings. The maximum Gasteiger partial charge on any atom is 0.191 e. The second-order valence-corrected chi connectivity index (χ2v) is 6.15. The van der Waals surface area contributed by atoms with Crippen molar-refractivity contribution in [2.24, 2.45) is 4.99 Å². The number of aliphatic imine (C=N–C) groups is 1. The van der Waals surface area contributed by atoms with Gasteiger partial charge >= 0.3 is 0 Å². The number of nitrogens with one attached hydrogen (secondary N) is 2. The molecular weight excluding hydrogens is 448 g/mol. The van der Waals surface area contributed by atoms with E-state index in [0.717, 1.165) is 5.76 Å². The van der Waals surface area contributed by atoms with E-state index in [4.69, 9.17) is 4.42 Å². The van der Waals surface area contributed by atoms with Crippen molar-refractivity contribution in [3.05, 3.63) is 59.3 Å². The molecule has 0 saturated carbocycles. The summed E-state index contributed by atoms with van der Waals surface area (Å²) in [7, 11) is 0. The zero-order valence-electron chi connectivity index (χ0n) is 15.4. The molecule has 0 saturated heterocycles. The molecule has 2 rings (SSSR count). The summed E-state index contributed by atoms with van der Waals surface area (Å²) in [6.07, 6.45) is 0.546. The Morgan fingerprint density at radius 3 is 2.58 bits per heavy atom. The third-order valence-corrected chi connectivity index (χ3v) is 3.81. The number of rotatable bonds is 7. The minimum absolute atomic E-state index is 0. The summed E-state index contributed by atoms with van der Waals surface area (Å²) in [5.74, 6) is 1.59. The molecule has 3 N–H and O–H groups in total. The first-order chi connectivity index (χ1) is 11.9. The first kappa shape index (κ1) is 22.4. The van der Waals surface area contributed by atoms with Gasteiger partial charge in [-0.1, -0.05) is 18.2 Å². The number of benzene rings is 1. The second-order valence-electron chi connectivity index (χ2n) is 6.15. The summed E-state index contributed by atoms with van der Waals surface area (Å²) < 4.78 is 19.1. The van der Waals surface area contributed by atoms with Gasteiger partial charge in [-0.15, -0.1) is 24.0 Å². The molecule has 26 heavy (non-hydrogen) atoms. The van der Waals surface area contributed by atoms with Gasteiger partial charge in [-0.05, 0) is 51.0 Å². The van der Waals surface area contributed by atoms with Crippen LogP contribution in [0.1, 0.15) is 30.9 Å². The molecule has 0 aliphatic rings. The minimum atomic E-state index is -1.19. The summed E-state index contributed by atoms with van der Waals surface area (Å²) in [6.45, 7) is 6.83. The number of furan rings is 1. The molecular formula is C19H27FIN3O2. The highest BCUT2D eigenvalue weighted by Crippen LogP contribution is 2.23. The van der Waals surface area contributed by atoms with Crippen molar-refractivity contribution in [1.82, 2.24) is 10.6 Å². The van der Waals surface area contributed by atoms with Crippen molar-refractivity contribution < 1.29 is 13.9 Å². The van der Waals surface area contributed by atoms with Gasteiger partial charge in [-0.3, -0.25) is 0 Å². The molecule has 1 unspecified atom stereocenters. The quantitative estimate of drug-likeness (QED) is 0.327. The van der Waals surface area contributed by atoms with Crippen molar-refractivity contribution in [2.45, 2.75) is 32.8 Å². The van der Waals surface area contributed by atoms with Gasteiger partial charge in [-0.25, -0.2) is 9.38 Å². The highest BCUT2D eigenvalue weighted by molar-refractivity contribution is 14.0. The molecule has 1 heterocycles. The molecule has 0 radical (unpaired) electrons. The van der Waals surface area contributed by atoms with E-state index < -0.39 is 5.60 Å². The van der Waals surface area contributed by atoms with Crippen LogP contribution in [0.2, 0.25) is 0 Å². The van der Waals surface area contributed by atoms with Crippen LogP contribution in [0.5, 0.6) is 0 Å². The van der Waals surface area contributed by atoms with E-state index in [0.29, 0.717) is 36.8 Å². The third kappa shape index (κ3) is 6.60. The van der Waals surface area contributed by atoms with Crippen LogP contribution < -0.4 is 10.6 Å². The van der Waals surface area contributed by atoms with Crippen LogP contribution in [0.25, 0.3) is 0 Å². The average molecular weight is 475 g/mol. The molecule has 5 nitrogen and oxygen atoms in total. The molecule has 7 heteroatoms. The normalized spacial score (nSPS) is 13.7. The predicted octanol–water partition coefficient (Wildman–Crippen LogP) is 3.35. The van der Waals surface area contributed by atoms with E-state index >= 15 is 0 Å². The van der Waals surface area contributed by atoms with Gasteiger partial charge < -0.3 is 20.2 Å². The SMILES string of the molecule is CCNC(=NCC(C)(O)c1ccc(C)o1)NCCc1ccccc1F.I. The van der Waals surface area contributed by atoms with Crippen LogP contribution in [0.15, 0.2) is 45.8 Å². The van der Waals surface area contributed by atoms with Crippen LogP contribution in [-0.2, 0) is 12.0 Å². The van der Waals surface area contributed by atoms with Gasteiger partial charge in [0.25, 0.3) is 0 Å². The van der Waals surface area contributed by atoms with Crippen LogP contribution >= 0.6 is 24.0 Å². The molecule has 0 aliphatic heterocycles. The Morgan fingerprint density at radius 1 is 1.23 bits per heavy atom. The maximum atomic E-state index is 13.6. The lowest BCUT2D eigenvalue weighted by atomic mass is 10.0. The smallest absolute Gasteiger partial charge is 0.191 e. The Bertz CT molecular complexity index is 716. The summed E-state index contributed by atoms with van der Waals surface area (Å²) in [5, 5.41) is 16.8. The van der Waals surface area contributed by atoms with Crippen LogP contribution in [-0.4, -0.2) is 30.7 Å². The first-order valence-corrected chi connectivity index (χ1v) is 8.47. The summed E-state index contributed by atoms with van der Waals surface area (Å²) in [6, 6.07) is 10.3. The molecule has 0 amide bonds. The van der Waals surface area contributed by atoms with Crippen molar-refractivity contribution in [1.29, 1.82) is 0 Å². The van der Waals surface area contributed by atoms with Crippen molar-refractivity contribution >= 4 is 29.9 Å². The van der Waals surface area contributed by atoms with E-state index in [1.54, 1.807) is 25.1 Å². The zero-order chi connectivity index (χ0) is 18.3. The molecule has 0 fully saturated rings. The Morgan fingerprint density at radius 2 is 1.96 bits per heavy atom. The van der Waals surface area contributed by atoms with Crippen molar-refractivity contribution in [2.75, 3.05) is 19.6 Å². The maximum absolute atomic E-state index is 13.6. The Hall–Kier alpha value is -1.61. The molecule has 0 aliphatic carbocycles. The van der Waals surface area contributed by atoms with E-state index in [1.807, 2.05) is 26.0 Å². The number of nitrogens with zero attached hydrogens (tertiary/aromatic N) is 1. The number of guanidine groups is 1. The highest BCUT2D eigenvalue weighted by Gasteiger charge is 2.26. The van der Waals surface area contributed by atoms with Gasteiger partial charge in [0.2, 0.25) is 0 Å². The number of hydrogen-bond acceptors (Lipinski definition) is 3. The van der Waals surface area contributed by atoms with E-state index in [-0.39, 0.29) is 36.3 Å². The fourth-order valence-electron chi connectivity index (χ4n) is 2.39. The van der Waals surface area contributed by atoms with Gasteiger partial charge in [0.05, 0.1) is 6.54 Å². The zero-order valence-corrected chi connectivity index (χ0v) is 17.7. The molecule has 144 valence electrons. The molecule has 1 aromatic heterocycles. The molecule has 1 aromatic carbocycles. The Labute approximate surface area is 171 Å². The van der Waals surface area contributed by atoms with E-state index in [1.165, 1.54) is 6.07 Å². The van der Waals surface area contributed by atoms with Crippen LogP contribution in [0, 0.1) is 12.7 Å². The second kappa shape index (κ2) is 10.5. The average Bonchev–Trinajstić information content (AvgIpc) is 3.02. The minimum Gasteiger partial charge on any atom is -0.463 e. The Balaban J connectivity index is 0.00000338. The lowest BCUT2D eigenvalue weighted by Gasteiger charge is -2.19. The lowest BCUT2D eigenvalue weighted by molar-refractivity contribution is 0.0428. The molecule has 0 bridgehead atoms. The van der Waals surface area contributed by atoms with Gasteiger partial charge in [0, 0.05) is 13.1 Å². The predicted molar refractivity (Wildman–Crippen MR) is 113 cm³/mol. The summed E-state index contributed by atoms with van der Waals surface area (Å²) >= 11 is 0. The number of aryl methyl sites for hydroxylation is 1. The van der Waals surface area contributed by atoms with Crippen molar-refractivity contribution in [3.8, 4) is 0 Å². The van der Waals surface area contributed by atoms with E-state index in [9.17, 15) is 9.50 Å². The number of halogens is 2. The lowest BCUT2D eigenvalue weighted by Crippen LogP contribution is -2.39. The van der Waals surface area contributed by atoms with E-state index in [2.05, 4.69) is 15.6 Å². The first-order valence-electron chi connectivity index (χ1n) is 8.47. The summed E-state index contributed by atoms with van der Waals surface area (Å²) in [4.78, 5) is 4.42. The topological polar surface area (TPSA) is 69.8 Å². The molecule has 1 atom stereocenters. The number of hydrogen-bond donors (Lipinski definition) is 3. The van der Waals surface area contributed by atoms with Crippen LogP contribution in [0.4, 0.5) is 4.39 Å². The van der Waals surface area contributed by atoms with Gasteiger partial charge in [-0.2, -0.15) is 0 Å². The van der Waals surface area contributed by atoms with Crippen molar-refractivity contribution in [3.63, 3.8) is 0 Å². The number of aliphatic hydroxyl groups is 1. The Kier molecular flexibility index (Phi) is 9.07. The third-order valence-electron chi connectivity index (χ3n) is 3.81. The van der Waals surface area contributed by atoms with Gasteiger partial charge in [0.1, 0.15) is 22.9 Å². The standard InChI is InChI=1S/C19H26FN3O2.HI/c1-4-21-18(22-12-11-15-7-5-6-8-16(15)20)23-13-19(3,24)17-10-9-14(2)25-17;/h5-10,24H,4,11-13H2,1-3H3,(H2,21,22,23);1H. The molecule has 0 spiro atoms. The fraction of sp³-hybridized carbons (Fsp3) is 0.421. The van der Waals surface area contributed by atoms with Crippen LogP contribution in [0.3, 0.4) is 0 Å². The highest BCUT2D eigenvalue weighted by atomic mass is 127. The fourth-order valence-corrected chi connectivity index (χ4v) is 2.39. The van der Waals surface area contributed by atoms with Gasteiger partial charge in [0.15, 0.2) is 5.96 Å². The monoisotopic (exact) mass is 475 g/mol. The largest absolute Gasteiger partial charge is 0.463 e.